The number of nitrogens with zero attached hydrogens (tertiary/aromatic N) is 3. The molecule has 2 fully saturated rings. The minimum Gasteiger partial charge on any atom is -0.368 e. The zero-order valence-corrected chi connectivity index (χ0v) is 19.8. The molecule has 164 valence electrons. The van der Waals surface area contributed by atoms with E-state index in [9.17, 15) is 8.42 Å². The van der Waals surface area contributed by atoms with Crippen molar-refractivity contribution in [3.8, 4) is 0 Å². The fourth-order valence-electron chi connectivity index (χ4n) is 5.01. The Morgan fingerprint density at radius 3 is 2.87 bits per heavy atom. The summed E-state index contributed by atoms with van der Waals surface area (Å²) >= 11 is 8.16. The van der Waals surface area contributed by atoms with E-state index >= 15 is 0 Å². The maximum Gasteiger partial charge on any atom is 0.149 e. The van der Waals surface area contributed by atoms with Crippen LogP contribution in [-0.4, -0.2) is 54.3 Å². The van der Waals surface area contributed by atoms with Gasteiger partial charge in [-0.3, -0.25) is 9.58 Å². The van der Waals surface area contributed by atoms with Gasteiger partial charge in [0.1, 0.15) is 15.4 Å². The third-order valence-electron chi connectivity index (χ3n) is 6.98. The molecule has 0 bridgehead atoms. The standard InChI is InChI=1S/C21H28ClN3O3S2/c1-15-10-21(19-17(9-18(22)29-19)20(3-4-20)14-28-21)5-6-24(15)12-16-11-23-25(13-16)7-8-30(2,26)27/h9,11,13,15H,3-8,10,12,14H2,1-2H3/t15-,21?/m1/s1. The first-order chi connectivity index (χ1) is 14.2. The maximum absolute atomic E-state index is 11.4. The van der Waals surface area contributed by atoms with Crippen LogP contribution in [0.25, 0.3) is 0 Å². The van der Waals surface area contributed by atoms with Gasteiger partial charge in [-0.25, -0.2) is 8.42 Å². The van der Waals surface area contributed by atoms with E-state index in [0.717, 1.165) is 42.4 Å². The summed E-state index contributed by atoms with van der Waals surface area (Å²) in [6.07, 6.45) is 9.45. The SMILES string of the molecule is C[C@@H]1CC2(CCN1Cc1cnn(CCS(C)(=O)=O)c1)OCC1(CC1)c1cc(Cl)sc12. The number of halogens is 1. The van der Waals surface area contributed by atoms with Crippen molar-refractivity contribution >= 4 is 32.8 Å². The van der Waals surface area contributed by atoms with Gasteiger partial charge in [-0.15, -0.1) is 11.3 Å². The summed E-state index contributed by atoms with van der Waals surface area (Å²) < 4.78 is 32.0. The van der Waals surface area contributed by atoms with Crippen LogP contribution in [0.2, 0.25) is 4.34 Å². The third kappa shape index (κ3) is 3.86. The fraction of sp³-hybridized carbons (Fsp3) is 0.667. The summed E-state index contributed by atoms with van der Waals surface area (Å²) in [5.41, 5.74) is 2.62. The predicted octanol–water partition coefficient (Wildman–Crippen LogP) is 3.58. The lowest BCUT2D eigenvalue weighted by molar-refractivity contribution is -0.120. The lowest BCUT2D eigenvalue weighted by Crippen LogP contribution is -2.51. The minimum atomic E-state index is -2.99. The van der Waals surface area contributed by atoms with Crippen LogP contribution >= 0.6 is 22.9 Å². The van der Waals surface area contributed by atoms with E-state index < -0.39 is 9.84 Å². The molecule has 1 aliphatic carbocycles. The Balaban J connectivity index is 1.27. The van der Waals surface area contributed by atoms with E-state index in [-0.39, 0.29) is 16.8 Å². The van der Waals surface area contributed by atoms with Crippen molar-refractivity contribution in [1.29, 1.82) is 0 Å². The Morgan fingerprint density at radius 1 is 1.37 bits per heavy atom. The number of hydrogen-bond donors (Lipinski definition) is 0. The molecule has 1 unspecified atom stereocenters. The summed E-state index contributed by atoms with van der Waals surface area (Å²) in [5.74, 6) is 0.112. The van der Waals surface area contributed by atoms with Crippen molar-refractivity contribution in [2.75, 3.05) is 25.2 Å². The molecule has 1 saturated carbocycles. The number of likely N-dealkylation sites (tertiary alicyclic amines) is 1. The molecule has 2 spiro atoms. The molecule has 2 aliphatic heterocycles. The lowest BCUT2D eigenvalue weighted by atomic mass is 9.78. The number of aryl methyl sites for hydroxylation is 1. The molecule has 2 atom stereocenters. The third-order valence-corrected chi connectivity index (χ3v) is 9.35. The van der Waals surface area contributed by atoms with Crippen LogP contribution in [-0.2, 0) is 38.7 Å². The molecule has 4 heterocycles. The van der Waals surface area contributed by atoms with E-state index in [4.69, 9.17) is 16.3 Å². The van der Waals surface area contributed by atoms with Crippen LogP contribution in [0, 0.1) is 0 Å². The first kappa shape index (κ1) is 20.9. The number of piperidine rings is 1. The number of sulfone groups is 1. The summed E-state index contributed by atoms with van der Waals surface area (Å²) in [6.45, 7) is 5.27. The highest BCUT2D eigenvalue weighted by atomic mass is 35.5. The number of aromatic nitrogens is 2. The van der Waals surface area contributed by atoms with Crippen LogP contribution < -0.4 is 0 Å². The molecule has 0 radical (unpaired) electrons. The summed E-state index contributed by atoms with van der Waals surface area (Å²) in [5, 5.41) is 4.34. The summed E-state index contributed by atoms with van der Waals surface area (Å²) in [4.78, 5) is 3.85. The molecule has 3 aliphatic rings. The lowest BCUT2D eigenvalue weighted by Gasteiger charge is -2.48. The van der Waals surface area contributed by atoms with Crippen molar-refractivity contribution in [3.63, 3.8) is 0 Å². The second kappa shape index (κ2) is 7.30. The molecule has 2 aromatic rings. The van der Waals surface area contributed by atoms with Gasteiger partial charge in [0.15, 0.2) is 0 Å². The Morgan fingerprint density at radius 2 is 2.17 bits per heavy atom. The van der Waals surface area contributed by atoms with Gasteiger partial charge in [0.05, 0.1) is 29.4 Å². The van der Waals surface area contributed by atoms with E-state index in [0.29, 0.717) is 12.6 Å². The Hall–Kier alpha value is -0.930. The van der Waals surface area contributed by atoms with Crippen LogP contribution in [0.5, 0.6) is 0 Å². The van der Waals surface area contributed by atoms with Crippen LogP contribution in [0.15, 0.2) is 18.5 Å². The van der Waals surface area contributed by atoms with E-state index in [2.05, 4.69) is 23.0 Å². The van der Waals surface area contributed by atoms with Gasteiger partial charge < -0.3 is 4.74 Å². The molecule has 0 N–H and O–H groups in total. The first-order valence-electron chi connectivity index (χ1n) is 10.6. The quantitative estimate of drug-likeness (QED) is 0.669. The highest BCUT2D eigenvalue weighted by Crippen LogP contribution is 2.60. The number of hydrogen-bond acceptors (Lipinski definition) is 6. The first-order valence-corrected chi connectivity index (χ1v) is 13.8. The Kier molecular flexibility index (Phi) is 5.10. The van der Waals surface area contributed by atoms with Gasteiger partial charge in [0, 0.05) is 47.4 Å². The number of rotatable bonds is 5. The monoisotopic (exact) mass is 469 g/mol. The molecule has 2 aromatic heterocycles. The molecule has 5 rings (SSSR count). The molecule has 0 aromatic carbocycles. The van der Waals surface area contributed by atoms with E-state index in [1.807, 2.05) is 12.4 Å². The largest absolute Gasteiger partial charge is 0.368 e. The highest BCUT2D eigenvalue weighted by Gasteiger charge is 2.56. The van der Waals surface area contributed by atoms with Crippen molar-refractivity contribution in [2.24, 2.45) is 0 Å². The molecule has 30 heavy (non-hydrogen) atoms. The average Bonchev–Trinajstić information content (AvgIpc) is 3.11. The topological polar surface area (TPSA) is 64.4 Å². The normalized spacial score (nSPS) is 28.2. The summed E-state index contributed by atoms with van der Waals surface area (Å²) in [7, 11) is -2.99. The zero-order chi connectivity index (χ0) is 21.1. The van der Waals surface area contributed by atoms with Gasteiger partial charge in [-0.05, 0) is 44.2 Å². The molecular formula is C21H28ClN3O3S2. The predicted molar refractivity (Wildman–Crippen MR) is 119 cm³/mol. The Bertz CT molecular complexity index is 1060. The second-order valence-corrected chi connectivity index (χ2v) is 13.3. The fourth-order valence-corrected chi connectivity index (χ4v) is 7.05. The molecule has 9 heteroatoms. The zero-order valence-electron chi connectivity index (χ0n) is 17.4. The van der Waals surface area contributed by atoms with Gasteiger partial charge in [0.25, 0.3) is 0 Å². The maximum atomic E-state index is 11.4. The van der Waals surface area contributed by atoms with E-state index in [1.54, 1.807) is 16.0 Å². The number of ether oxygens (including phenoxy) is 1. The smallest absolute Gasteiger partial charge is 0.149 e. The van der Waals surface area contributed by atoms with Gasteiger partial charge >= 0.3 is 0 Å². The molecule has 6 nitrogen and oxygen atoms in total. The summed E-state index contributed by atoms with van der Waals surface area (Å²) in [6, 6.07) is 2.57. The van der Waals surface area contributed by atoms with Crippen LogP contribution in [0.1, 0.15) is 48.6 Å². The van der Waals surface area contributed by atoms with Crippen molar-refractivity contribution in [1.82, 2.24) is 14.7 Å². The van der Waals surface area contributed by atoms with Crippen LogP contribution in [0.4, 0.5) is 0 Å². The number of thiophene rings is 1. The van der Waals surface area contributed by atoms with Crippen molar-refractivity contribution in [2.45, 2.75) is 62.8 Å². The minimum absolute atomic E-state index is 0.112. The Labute approximate surface area is 187 Å². The highest BCUT2D eigenvalue weighted by molar-refractivity contribution is 7.90. The second-order valence-electron chi connectivity index (χ2n) is 9.37. The van der Waals surface area contributed by atoms with Crippen LogP contribution in [0.3, 0.4) is 0 Å². The average molecular weight is 470 g/mol. The van der Waals surface area contributed by atoms with Gasteiger partial charge in [0.2, 0.25) is 0 Å². The van der Waals surface area contributed by atoms with Gasteiger partial charge in [-0.1, -0.05) is 11.6 Å². The molecule has 0 amide bonds. The van der Waals surface area contributed by atoms with Gasteiger partial charge in [-0.2, -0.15) is 5.10 Å². The van der Waals surface area contributed by atoms with Crippen molar-refractivity contribution in [3.05, 3.63) is 38.8 Å². The number of fused-ring (bicyclic) bond motifs is 3. The van der Waals surface area contributed by atoms with Crippen molar-refractivity contribution < 1.29 is 13.2 Å². The molecular weight excluding hydrogens is 442 g/mol. The molecule has 1 saturated heterocycles. The van der Waals surface area contributed by atoms with E-state index in [1.165, 1.54) is 29.5 Å².